The monoisotopic (exact) mass is 288 g/mol. The lowest BCUT2D eigenvalue weighted by Crippen LogP contribution is -2.62. The highest BCUT2D eigenvalue weighted by atomic mass is 15.2. The molecule has 0 amide bonds. The number of piperazine rings is 1. The summed E-state index contributed by atoms with van der Waals surface area (Å²) in [7, 11) is 0. The molecule has 2 nitrogen and oxygen atoms in total. The predicted molar refractivity (Wildman–Crippen MR) is 93.1 cm³/mol. The van der Waals surface area contributed by atoms with E-state index < -0.39 is 0 Å². The fourth-order valence-corrected chi connectivity index (χ4v) is 3.15. The van der Waals surface area contributed by atoms with Gasteiger partial charge in [0.2, 0.25) is 0 Å². The van der Waals surface area contributed by atoms with Crippen molar-refractivity contribution in [3.63, 3.8) is 0 Å². The third-order valence-corrected chi connectivity index (χ3v) is 4.99. The number of hydrogen-bond acceptors (Lipinski definition) is 2. The summed E-state index contributed by atoms with van der Waals surface area (Å²) in [4.78, 5) is 2.63. The van der Waals surface area contributed by atoms with Gasteiger partial charge in [0.15, 0.2) is 0 Å². The minimum atomic E-state index is 0.292. The summed E-state index contributed by atoms with van der Waals surface area (Å²) < 4.78 is 0. The van der Waals surface area contributed by atoms with Gasteiger partial charge in [-0.05, 0) is 48.4 Å². The van der Waals surface area contributed by atoms with Crippen LogP contribution >= 0.6 is 0 Å². The second-order valence-electron chi connectivity index (χ2n) is 8.06. The Morgan fingerprint density at radius 3 is 2.33 bits per heavy atom. The molecule has 1 fully saturated rings. The van der Waals surface area contributed by atoms with Gasteiger partial charge in [0, 0.05) is 30.9 Å². The summed E-state index contributed by atoms with van der Waals surface area (Å²) in [5.74, 6) is 0.653. The topological polar surface area (TPSA) is 15.3 Å². The Morgan fingerprint density at radius 2 is 1.81 bits per heavy atom. The first-order chi connectivity index (χ1) is 9.70. The molecule has 2 heteroatoms. The Kier molecular flexibility index (Phi) is 4.67. The van der Waals surface area contributed by atoms with Crippen LogP contribution < -0.4 is 10.2 Å². The molecule has 21 heavy (non-hydrogen) atoms. The van der Waals surface area contributed by atoms with Gasteiger partial charge in [0.05, 0.1) is 0 Å². The van der Waals surface area contributed by atoms with Crippen molar-refractivity contribution in [3.05, 3.63) is 29.3 Å². The van der Waals surface area contributed by atoms with Gasteiger partial charge >= 0.3 is 0 Å². The summed E-state index contributed by atoms with van der Waals surface area (Å²) in [6.07, 6.45) is 0. The first kappa shape index (κ1) is 16.4. The van der Waals surface area contributed by atoms with Crippen LogP contribution in [0.15, 0.2) is 18.2 Å². The number of rotatable bonds is 2. The molecule has 1 saturated heterocycles. The Labute approximate surface area is 130 Å². The number of anilines is 1. The van der Waals surface area contributed by atoms with Crippen LogP contribution in [0.2, 0.25) is 0 Å². The lowest BCUT2D eigenvalue weighted by atomic mass is 9.83. The number of benzene rings is 1. The molecule has 1 aliphatic heterocycles. The molecular formula is C19H32N2. The SMILES string of the molecule is Cc1ccc(N2CC(C(C)(C)C)NCC2C(C)C)cc1C. The lowest BCUT2D eigenvalue weighted by molar-refractivity contribution is 0.221. The molecule has 1 aromatic carbocycles. The van der Waals surface area contributed by atoms with Gasteiger partial charge in [-0.1, -0.05) is 40.7 Å². The normalized spacial score (nSPS) is 23.7. The van der Waals surface area contributed by atoms with Crippen molar-refractivity contribution in [1.29, 1.82) is 0 Å². The average Bonchev–Trinajstić information content (AvgIpc) is 2.40. The summed E-state index contributed by atoms with van der Waals surface area (Å²) in [6, 6.07) is 8.02. The molecule has 0 radical (unpaired) electrons. The summed E-state index contributed by atoms with van der Waals surface area (Å²) >= 11 is 0. The third-order valence-electron chi connectivity index (χ3n) is 4.99. The molecule has 1 aromatic rings. The third kappa shape index (κ3) is 3.60. The van der Waals surface area contributed by atoms with E-state index in [0.717, 1.165) is 13.1 Å². The van der Waals surface area contributed by atoms with Gasteiger partial charge in [0.25, 0.3) is 0 Å². The molecule has 1 N–H and O–H groups in total. The molecule has 2 unspecified atom stereocenters. The summed E-state index contributed by atoms with van der Waals surface area (Å²) in [5, 5.41) is 3.77. The highest BCUT2D eigenvalue weighted by Gasteiger charge is 2.35. The van der Waals surface area contributed by atoms with Crippen LogP contribution in [-0.4, -0.2) is 25.2 Å². The summed E-state index contributed by atoms with van der Waals surface area (Å²) in [6.45, 7) is 18.2. The Bertz CT molecular complexity index is 485. The molecule has 0 aliphatic carbocycles. The lowest BCUT2D eigenvalue weighted by Gasteiger charge is -2.47. The maximum Gasteiger partial charge on any atom is 0.0438 e. The fourth-order valence-electron chi connectivity index (χ4n) is 3.15. The Morgan fingerprint density at radius 1 is 1.14 bits per heavy atom. The van der Waals surface area contributed by atoms with E-state index in [4.69, 9.17) is 0 Å². The second-order valence-corrected chi connectivity index (χ2v) is 8.06. The molecule has 118 valence electrons. The van der Waals surface area contributed by atoms with Crippen molar-refractivity contribution < 1.29 is 0 Å². The van der Waals surface area contributed by atoms with Crippen LogP contribution in [0.3, 0.4) is 0 Å². The molecule has 1 heterocycles. The van der Waals surface area contributed by atoms with E-state index in [1.54, 1.807) is 0 Å². The molecule has 1 aliphatic rings. The summed E-state index contributed by atoms with van der Waals surface area (Å²) in [5.41, 5.74) is 4.44. The zero-order chi connectivity index (χ0) is 15.8. The molecule has 0 saturated carbocycles. The predicted octanol–water partition coefficient (Wildman–Crippen LogP) is 4.15. The van der Waals surface area contributed by atoms with Gasteiger partial charge < -0.3 is 10.2 Å². The Hall–Kier alpha value is -1.02. The van der Waals surface area contributed by atoms with Crippen molar-refractivity contribution in [2.45, 2.75) is 60.5 Å². The van der Waals surface area contributed by atoms with Crippen LogP contribution in [0.4, 0.5) is 5.69 Å². The highest BCUT2D eigenvalue weighted by molar-refractivity contribution is 5.52. The highest BCUT2D eigenvalue weighted by Crippen LogP contribution is 2.30. The minimum Gasteiger partial charge on any atom is -0.365 e. The zero-order valence-corrected chi connectivity index (χ0v) is 14.8. The van der Waals surface area contributed by atoms with E-state index in [1.807, 2.05) is 0 Å². The van der Waals surface area contributed by atoms with E-state index in [9.17, 15) is 0 Å². The number of nitrogens with zero attached hydrogens (tertiary/aromatic N) is 1. The van der Waals surface area contributed by atoms with E-state index >= 15 is 0 Å². The number of nitrogens with one attached hydrogen (secondary N) is 1. The largest absolute Gasteiger partial charge is 0.365 e. The van der Waals surface area contributed by atoms with Gasteiger partial charge in [-0.3, -0.25) is 0 Å². The molecule has 0 aromatic heterocycles. The molecule has 2 rings (SSSR count). The molecular weight excluding hydrogens is 256 g/mol. The van der Waals surface area contributed by atoms with Crippen LogP contribution in [0.5, 0.6) is 0 Å². The van der Waals surface area contributed by atoms with Crippen LogP contribution in [0.25, 0.3) is 0 Å². The van der Waals surface area contributed by atoms with E-state index in [0.29, 0.717) is 23.4 Å². The smallest absolute Gasteiger partial charge is 0.0438 e. The second kappa shape index (κ2) is 6.00. The number of hydrogen-bond donors (Lipinski definition) is 1. The van der Waals surface area contributed by atoms with Gasteiger partial charge in [0.1, 0.15) is 0 Å². The average molecular weight is 288 g/mol. The van der Waals surface area contributed by atoms with Crippen molar-refractivity contribution in [3.8, 4) is 0 Å². The fraction of sp³-hybridized carbons (Fsp3) is 0.684. The van der Waals surface area contributed by atoms with Gasteiger partial charge in [-0.15, -0.1) is 0 Å². The molecule has 0 spiro atoms. The van der Waals surface area contributed by atoms with Crippen molar-refractivity contribution in [2.75, 3.05) is 18.0 Å². The van der Waals surface area contributed by atoms with E-state index in [2.05, 4.69) is 76.9 Å². The standard InChI is InChI=1S/C19H32N2/c1-13(2)17-11-20-18(19(5,6)7)12-21(17)16-9-8-14(3)15(4)10-16/h8-10,13,17-18,20H,11-12H2,1-7H3. The van der Waals surface area contributed by atoms with E-state index in [-0.39, 0.29) is 0 Å². The van der Waals surface area contributed by atoms with Gasteiger partial charge in [-0.25, -0.2) is 0 Å². The van der Waals surface area contributed by atoms with Crippen LogP contribution in [0, 0.1) is 25.2 Å². The first-order valence-electron chi connectivity index (χ1n) is 8.27. The zero-order valence-electron chi connectivity index (χ0n) is 14.8. The maximum atomic E-state index is 3.77. The quantitative estimate of drug-likeness (QED) is 0.879. The van der Waals surface area contributed by atoms with Crippen molar-refractivity contribution >= 4 is 5.69 Å². The van der Waals surface area contributed by atoms with Crippen LogP contribution in [0.1, 0.15) is 45.7 Å². The van der Waals surface area contributed by atoms with Crippen LogP contribution in [-0.2, 0) is 0 Å². The van der Waals surface area contributed by atoms with Crippen molar-refractivity contribution in [1.82, 2.24) is 5.32 Å². The molecule has 0 bridgehead atoms. The minimum absolute atomic E-state index is 0.292. The van der Waals surface area contributed by atoms with Gasteiger partial charge in [-0.2, -0.15) is 0 Å². The maximum absolute atomic E-state index is 3.77. The first-order valence-corrected chi connectivity index (χ1v) is 8.27. The van der Waals surface area contributed by atoms with E-state index in [1.165, 1.54) is 16.8 Å². The Balaban J connectivity index is 2.31. The van der Waals surface area contributed by atoms with Crippen molar-refractivity contribution in [2.24, 2.45) is 11.3 Å². The molecule has 2 atom stereocenters. The number of aryl methyl sites for hydroxylation is 2.